The SMILES string of the molecule is CCc1cc(N(C=S)C(C)(C)C(=O)N(C)c2ccc(C#N)c(C(F)(F)F)c2)ccc1OCCN1CCN(CC(=O)NC)CC1. The molecule has 13 heteroatoms. The van der Waals surface area contributed by atoms with Gasteiger partial charge in [0, 0.05) is 58.2 Å². The number of alkyl halides is 3. The number of benzene rings is 2. The summed E-state index contributed by atoms with van der Waals surface area (Å²) in [5.41, 5.74) is 0.0209. The standard InChI is InChI=1S/C31H39F3N6O3S/c1-6-22-17-25(9-10-27(22)43-16-15-38-11-13-39(14-12-38)20-28(41)36-4)40(21-44)30(2,3)29(42)37(5)24-8-7-23(19-35)26(18-24)31(32,33)34/h7-10,17-18,21H,6,11-16,20H2,1-5H3,(H,36,41). The number of halogens is 3. The molecule has 0 radical (unpaired) electrons. The Kier molecular flexibility index (Phi) is 11.7. The molecule has 9 nitrogen and oxygen atoms in total. The first-order valence-electron chi connectivity index (χ1n) is 14.3. The minimum atomic E-state index is -4.75. The quantitative estimate of drug-likeness (QED) is 0.350. The van der Waals surface area contributed by atoms with Crippen molar-refractivity contribution in [2.24, 2.45) is 0 Å². The van der Waals surface area contributed by atoms with E-state index in [0.717, 1.165) is 61.1 Å². The van der Waals surface area contributed by atoms with Gasteiger partial charge in [-0.3, -0.25) is 19.4 Å². The number of nitriles is 1. The highest BCUT2D eigenvalue weighted by molar-refractivity contribution is 7.79. The molecule has 1 aliphatic heterocycles. The van der Waals surface area contributed by atoms with Gasteiger partial charge in [-0.2, -0.15) is 18.4 Å². The van der Waals surface area contributed by atoms with Crippen molar-refractivity contribution < 1.29 is 27.5 Å². The third kappa shape index (κ3) is 8.25. The maximum Gasteiger partial charge on any atom is 0.417 e. The molecule has 2 aromatic rings. The number of anilines is 2. The molecule has 0 aliphatic carbocycles. The average Bonchev–Trinajstić information content (AvgIpc) is 3.00. The summed E-state index contributed by atoms with van der Waals surface area (Å²) in [4.78, 5) is 32.5. The molecule has 1 N–H and O–H groups in total. The highest BCUT2D eigenvalue weighted by atomic mass is 32.1. The van der Waals surface area contributed by atoms with Crippen LogP contribution in [0.2, 0.25) is 0 Å². The van der Waals surface area contributed by atoms with Crippen molar-refractivity contribution >= 4 is 40.9 Å². The fraction of sp³-hybridized carbons (Fsp3) is 0.484. The maximum absolute atomic E-state index is 13.7. The Hall–Kier alpha value is -3.73. The van der Waals surface area contributed by atoms with Crippen molar-refractivity contribution in [3.63, 3.8) is 0 Å². The zero-order valence-electron chi connectivity index (χ0n) is 25.7. The Morgan fingerprint density at radius 2 is 1.73 bits per heavy atom. The monoisotopic (exact) mass is 632 g/mol. The Bertz CT molecular complexity index is 1390. The second-order valence-electron chi connectivity index (χ2n) is 11.0. The van der Waals surface area contributed by atoms with E-state index in [1.54, 1.807) is 37.9 Å². The van der Waals surface area contributed by atoms with Crippen molar-refractivity contribution in [1.29, 1.82) is 5.26 Å². The summed E-state index contributed by atoms with van der Waals surface area (Å²) >= 11 is 5.30. The number of carbonyl (C=O) groups is 2. The number of nitrogens with zero attached hydrogens (tertiary/aromatic N) is 5. The number of likely N-dealkylation sites (N-methyl/N-ethyl adjacent to an activating group) is 2. The summed E-state index contributed by atoms with van der Waals surface area (Å²) in [5.74, 6) is 0.234. The molecule has 1 fully saturated rings. The zero-order valence-corrected chi connectivity index (χ0v) is 26.5. The summed E-state index contributed by atoms with van der Waals surface area (Å²) < 4.78 is 46.8. The van der Waals surface area contributed by atoms with Crippen LogP contribution in [-0.4, -0.2) is 92.6 Å². The summed E-state index contributed by atoms with van der Waals surface area (Å²) in [6, 6.07) is 10.3. The molecule has 0 spiro atoms. The lowest BCUT2D eigenvalue weighted by molar-refractivity contribution is -0.137. The molecular weight excluding hydrogens is 593 g/mol. The first kappa shape index (κ1) is 34.8. The van der Waals surface area contributed by atoms with E-state index in [1.165, 1.54) is 18.6 Å². The van der Waals surface area contributed by atoms with E-state index in [0.29, 0.717) is 25.3 Å². The van der Waals surface area contributed by atoms with Crippen LogP contribution >= 0.6 is 12.2 Å². The van der Waals surface area contributed by atoms with E-state index in [1.807, 2.05) is 19.1 Å². The smallest absolute Gasteiger partial charge is 0.417 e. The minimum Gasteiger partial charge on any atom is -0.492 e. The van der Waals surface area contributed by atoms with E-state index in [9.17, 15) is 22.8 Å². The molecule has 0 bridgehead atoms. The first-order valence-corrected chi connectivity index (χ1v) is 14.8. The molecular formula is C31H39F3N6O3S. The van der Waals surface area contributed by atoms with Gasteiger partial charge in [0.25, 0.3) is 5.91 Å². The normalized spacial score (nSPS) is 14.4. The summed E-state index contributed by atoms with van der Waals surface area (Å²) in [5, 5.41) is 11.8. The van der Waals surface area contributed by atoms with Crippen LogP contribution in [-0.2, 0) is 22.2 Å². The van der Waals surface area contributed by atoms with Crippen molar-refractivity contribution in [2.45, 2.75) is 38.9 Å². The van der Waals surface area contributed by atoms with Crippen LogP contribution in [0, 0.1) is 11.3 Å². The Morgan fingerprint density at radius 1 is 1.09 bits per heavy atom. The van der Waals surface area contributed by atoms with E-state index in [-0.39, 0.29) is 11.6 Å². The van der Waals surface area contributed by atoms with Crippen LogP contribution in [0.4, 0.5) is 24.5 Å². The van der Waals surface area contributed by atoms with Gasteiger partial charge < -0.3 is 19.9 Å². The maximum atomic E-state index is 13.7. The van der Waals surface area contributed by atoms with Gasteiger partial charge in [0.05, 0.1) is 29.2 Å². The molecule has 0 saturated carbocycles. The van der Waals surface area contributed by atoms with Crippen molar-refractivity contribution in [2.75, 3.05) is 69.8 Å². The largest absolute Gasteiger partial charge is 0.492 e. The number of ether oxygens (including phenoxy) is 1. The van der Waals surface area contributed by atoms with Gasteiger partial charge in [0.1, 0.15) is 17.9 Å². The van der Waals surface area contributed by atoms with E-state index in [4.69, 9.17) is 22.2 Å². The van der Waals surface area contributed by atoms with Crippen LogP contribution < -0.4 is 19.9 Å². The number of piperazine rings is 1. The number of rotatable bonds is 12. The Morgan fingerprint density at radius 3 is 2.30 bits per heavy atom. The number of aryl methyl sites for hydroxylation is 1. The summed E-state index contributed by atoms with van der Waals surface area (Å²) in [7, 11) is 3.03. The number of thiocarbonyl (C=S) groups is 1. The fourth-order valence-electron chi connectivity index (χ4n) is 5.09. The van der Waals surface area contributed by atoms with Gasteiger partial charge in [-0.25, -0.2) is 0 Å². The highest BCUT2D eigenvalue weighted by Gasteiger charge is 2.39. The number of carbonyl (C=O) groups excluding carboxylic acids is 2. The number of amides is 2. The molecule has 1 heterocycles. The first-order chi connectivity index (χ1) is 20.8. The number of nitrogens with one attached hydrogen (secondary N) is 1. The topological polar surface area (TPSA) is 92.2 Å². The van der Waals surface area contributed by atoms with Gasteiger partial charge in [-0.1, -0.05) is 19.1 Å². The van der Waals surface area contributed by atoms with Crippen LogP contribution in [0.25, 0.3) is 0 Å². The van der Waals surface area contributed by atoms with E-state index < -0.39 is 28.7 Å². The predicted molar refractivity (Wildman–Crippen MR) is 168 cm³/mol. The van der Waals surface area contributed by atoms with Crippen LogP contribution in [0.3, 0.4) is 0 Å². The van der Waals surface area contributed by atoms with Gasteiger partial charge in [0.2, 0.25) is 5.91 Å². The van der Waals surface area contributed by atoms with E-state index >= 15 is 0 Å². The molecule has 1 aliphatic rings. The molecule has 0 unspecified atom stereocenters. The van der Waals surface area contributed by atoms with Crippen molar-refractivity contribution in [1.82, 2.24) is 15.1 Å². The van der Waals surface area contributed by atoms with Gasteiger partial charge >= 0.3 is 6.18 Å². The van der Waals surface area contributed by atoms with Crippen LogP contribution in [0.5, 0.6) is 5.75 Å². The second-order valence-corrected chi connectivity index (χ2v) is 11.2. The molecule has 1 saturated heterocycles. The lowest BCUT2D eigenvalue weighted by Gasteiger charge is -2.38. The lowest BCUT2D eigenvalue weighted by Crippen LogP contribution is -2.55. The van der Waals surface area contributed by atoms with Gasteiger partial charge in [-0.05, 0) is 62.2 Å². The third-order valence-electron chi connectivity index (χ3n) is 7.83. The third-order valence-corrected chi connectivity index (χ3v) is 8.04. The molecule has 2 aromatic carbocycles. The second kappa shape index (κ2) is 14.8. The van der Waals surface area contributed by atoms with Crippen LogP contribution in [0.1, 0.15) is 37.5 Å². The fourth-order valence-corrected chi connectivity index (χ4v) is 5.47. The van der Waals surface area contributed by atoms with Crippen molar-refractivity contribution in [3.05, 3.63) is 53.1 Å². The summed E-state index contributed by atoms with van der Waals surface area (Å²) in [6.07, 6.45) is -4.09. The Balaban J connectivity index is 1.70. The number of hydrogen-bond donors (Lipinski definition) is 1. The zero-order chi connectivity index (χ0) is 32.7. The number of hydrogen-bond acceptors (Lipinski definition) is 7. The van der Waals surface area contributed by atoms with Gasteiger partial charge in [0.15, 0.2) is 0 Å². The molecule has 0 atom stereocenters. The van der Waals surface area contributed by atoms with E-state index in [2.05, 4.69) is 15.1 Å². The predicted octanol–water partition coefficient (Wildman–Crippen LogP) is 4.09. The molecule has 3 rings (SSSR count). The summed E-state index contributed by atoms with van der Waals surface area (Å²) in [6.45, 7) is 10.2. The average molecular weight is 633 g/mol. The van der Waals surface area contributed by atoms with Crippen LogP contribution in [0.15, 0.2) is 36.4 Å². The molecule has 238 valence electrons. The van der Waals surface area contributed by atoms with Crippen molar-refractivity contribution in [3.8, 4) is 11.8 Å². The molecule has 0 aromatic heterocycles. The Labute approximate surface area is 262 Å². The lowest BCUT2D eigenvalue weighted by atomic mass is 9.98. The molecule has 44 heavy (non-hydrogen) atoms. The molecule has 2 amide bonds. The van der Waals surface area contributed by atoms with Gasteiger partial charge in [-0.15, -0.1) is 0 Å². The minimum absolute atomic E-state index is 0.00424. The highest BCUT2D eigenvalue weighted by Crippen LogP contribution is 2.36.